The number of rotatable bonds is 4. The Morgan fingerprint density at radius 1 is 0.710 bits per heavy atom. The van der Waals surface area contributed by atoms with E-state index in [0.717, 1.165) is 36.4 Å². The lowest BCUT2D eigenvalue weighted by Gasteiger charge is -2.41. The van der Waals surface area contributed by atoms with E-state index >= 15 is 0 Å². The second-order valence-electron chi connectivity index (χ2n) is 14.3. The molecule has 0 aliphatic heterocycles. The Hall–Kier alpha value is -0.860. The molecule has 1 heterocycles. The summed E-state index contributed by atoms with van der Waals surface area (Å²) in [6, 6.07) is 0. The normalized spacial score (nSPS) is 20.9. The Morgan fingerprint density at radius 3 is 1.48 bits per heavy atom. The van der Waals surface area contributed by atoms with Crippen LogP contribution in [0.1, 0.15) is 140 Å². The van der Waals surface area contributed by atoms with Crippen LogP contribution < -0.4 is 0 Å². The van der Waals surface area contributed by atoms with E-state index in [9.17, 15) is 0 Å². The summed E-state index contributed by atoms with van der Waals surface area (Å²) in [6.07, 6.45) is 10.3. The molecule has 1 fully saturated rings. The van der Waals surface area contributed by atoms with Crippen molar-refractivity contribution in [1.29, 1.82) is 0 Å². The molecule has 0 bridgehead atoms. The van der Waals surface area contributed by atoms with Crippen molar-refractivity contribution < 1.29 is 4.52 Å². The number of aromatic nitrogens is 2. The Morgan fingerprint density at radius 2 is 1.16 bits per heavy atom. The molecule has 2 rings (SSSR count). The summed E-state index contributed by atoms with van der Waals surface area (Å²) in [4.78, 5) is 4.44. The topological polar surface area (TPSA) is 38.9 Å². The third-order valence-corrected chi connectivity index (χ3v) is 6.88. The smallest absolute Gasteiger partial charge is 0.226 e. The quantitative estimate of drug-likeness (QED) is 0.444. The fourth-order valence-corrected chi connectivity index (χ4v) is 4.42. The standard InChI is InChI=1S/C14H26N2O.C14H28/c1-13(2,3)10-8-7-9-11-15-12(16-17-11)14(4,5)6;1-13(2,3)11-7-9-12(10-8-11)14(4,5)6/h7-10H2,1-6H3;11-12H,7-10H2,1-6H3. The summed E-state index contributed by atoms with van der Waals surface area (Å²) < 4.78 is 5.26. The summed E-state index contributed by atoms with van der Waals surface area (Å²) in [5, 5.41) is 4.03. The molecule has 0 N–H and O–H groups in total. The molecule has 182 valence electrons. The number of unbranched alkanes of at least 4 members (excludes halogenated alkanes) is 1. The van der Waals surface area contributed by atoms with Crippen LogP contribution >= 0.6 is 0 Å². The molecule has 0 radical (unpaired) electrons. The molecular formula is C28H54N2O. The van der Waals surface area contributed by atoms with Gasteiger partial charge in [0.15, 0.2) is 5.82 Å². The van der Waals surface area contributed by atoms with Crippen LogP contribution in [0, 0.1) is 28.1 Å². The summed E-state index contributed by atoms with van der Waals surface area (Å²) in [6.45, 7) is 27.5. The van der Waals surface area contributed by atoms with Gasteiger partial charge in [-0.2, -0.15) is 4.98 Å². The number of aryl methyl sites for hydroxylation is 1. The van der Waals surface area contributed by atoms with Gasteiger partial charge >= 0.3 is 0 Å². The summed E-state index contributed by atoms with van der Waals surface area (Å²) >= 11 is 0. The number of hydrogen-bond donors (Lipinski definition) is 0. The maximum absolute atomic E-state index is 5.26. The van der Waals surface area contributed by atoms with E-state index in [-0.39, 0.29) is 5.41 Å². The first-order chi connectivity index (χ1) is 13.9. The molecule has 0 spiro atoms. The Bertz CT molecular complexity index is 602. The van der Waals surface area contributed by atoms with Crippen molar-refractivity contribution >= 4 is 0 Å². The SMILES string of the molecule is CC(C)(C)C1CCC(C(C)(C)C)CC1.CC(C)(C)CCCCc1nc(C(C)(C)C)no1. The molecule has 3 heteroatoms. The Kier molecular flexibility index (Phi) is 9.85. The van der Waals surface area contributed by atoms with Gasteiger partial charge in [-0.25, -0.2) is 0 Å². The fourth-order valence-electron chi connectivity index (χ4n) is 4.42. The lowest BCUT2D eigenvalue weighted by molar-refractivity contribution is 0.0970. The first-order valence-corrected chi connectivity index (χ1v) is 12.7. The first kappa shape index (κ1) is 28.2. The van der Waals surface area contributed by atoms with Crippen molar-refractivity contribution in [3.05, 3.63) is 11.7 Å². The fraction of sp³-hybridized carbons (Fsp3) is 0.929. The molecule has 3 nitrogen and oxygen atoms in total. The zero-order valence-corrected chi connectivity index (χ0v) is 23.1. The second kappa shape index (κ2) is 10.8. The molecule has 1 aromatic rings. The summed E-state index contributed by atoms with van der Waals surface area (Å²) in [7, 11) is 0. The van der Waals surface area contributed by atoms with Crippen LogP contribution in [0.3, 0.4) is 0 Å². The predicted octanol–water partition coefficient (Wildman–Crippen LogP) is 9.01. The van der Waals surface area contributed by atoms with Crippen molar-refractivity contribution in [2.75, 3.05) is 0 Å². The monoisotopic (exact) mass is 434 g/mol. The summed E-state index contributed by atoms with van der Waals surface area (Å²) in [5.74, 6) is 3.51. The maximum atomic E-state index is 5.26. The van der Waals surface area contributed by atoms with E-state index in [2.05, 4.69) is 93.2 Å². The van der Waals surface area contributed by atoms with E-state index in [1.165, 1.54) is 38.5 Å². The molecule has 1 aliphatic carbocycles. The second-order valence-corrected chi connectivity index (χ2v) is 14.3. The van der Waals surface area contributed by atoms with E-state index in [0.29, 0.717) is 16.2 Å². The molecule has 1 aromatic heterocycles. The molecular weight excluding hydrogens is 380 g/mol. The van der Waals surface area contributed by atoms with E-state index in [1.54, 1.807) is 0 Å². The van der Waals surface area contributed by atoms with Crippen LogP contribution in [0.4, 0.5) is 0 Å². The van der Waals surface area contributed by atoms with E-state index < -0.39 is 0 Å². The summed E-state index contributed by atoms with van der Waals surface area (Å²) in [5.41, 5.74) is 1.46. The molecule has 0 unspecified atom stereocenters. The van der Waals surface area contributed by atoms with Crippen LogP contribution in [0.15, 0.2) is 4.52 Å². The third kappa shape index (κ3) is 11.0. The van der Waals surface area contributed by atoms with Crippen LogP contribution in [-0.4, -0.2) is 10.1 Å². The molecule has 0 atom stereocenters. The molecule has 1 saturated carbocycles. The van der Waals surface area contributed by atoms with Crippen LogP contribution in [0.25, 0.3) is 0 Å². The van der Waals surface area contributed by atoms with E-state index in [4.69, 9.17) is 4.52 Å². The van der Waals surface area contributed by atoms with Gasteiger partial charge in [-0.3, -0.25) is 0 Å². The van der Waals surface area contributed by atoms with Crippen molar-refractivity contribution in [3.8, 4) is 0 Å². The number of hydrogen-bond acceptors (Lipinski definition) is 3. The highest BCUT2D eigenvalue weighted by Gasteiger charge is 2.34. The van der Waals surface area contributed by atoms with Crippen molar-refractivity contribution in [1.82, 2.24) is 10.1 Å². The largest absolute Gasteiger partial charge is 0.339 e. The zero-order valence-electron chi connectivity index (χ0n) is 23.1. The molecule has 0 amide bonds. The Balaban J connectivity index is 0.000000316. The average Bonchev–Trinajstić information content (AvgIpc) is 3.06. The van der Waals surface area contributed by atoms with Gasteiger partial charge in [-0.1, -0.05) is 94.7 Å². The van der Waals surface area contributed by atoms with Crippen molar-refractivity contribution in [2.45, 2.75) is 140 Å². The minimum absolute atomic E-state index is 0.0207. The van der Waals surface area contributed by atoms with Crippen molar-refractivity contribution in [2.24, 2.45) is 28.1 Å². The van der Waals surface area contributed by atoms with Gasteiger partial charge in [0, 0.05) is 11.8 Å². The van der Waals surface area contributed by atoms with Gasteiger partial charge < -0.3 is 4.52 Å². The van der Waals surface area contributed by atoms with Gasteiger partial charge in [-0.15, -0.1) is 0 Å². The zero-order chi connectivity index (χ0) is 24.1. The van der Waals surface area contributed by atoms with Gasteiger partial charge in [0.25, 0.3) is 0 Å². The third-order valence-electron chi connectivity index (χ3n) is 6.88. The molecule has 1 aliphatic rings. The van der Waals surface area contributed by atoms with E-state index in [1.807, 2.05) is 0 Å². The minimum Gasteiger partial charge on any atom is -0.339 e. The lowest BCUT2D eigenvalue weighted by Crippen LogP contribution is -2.30. The molecule has 0 aromatic carbocycles. The molecule has 0 saturated heterocycles. The highest BCUT2D eigenvalue weighted by molar-refractivity contribution is 4.99. The lowest BCUT2D eigenvalue weighted by atomic mass is 9.64. The van der Waals surface area contributed by atoms with Crippen molar-refractivity contribution in [3.63, 3.8) is 0 Å². The maximum Gasteiger partial charge on any atom is 0.226 e. The number of nitrogens with zero attached hydrogens (tertiary/aromatic N) is 2. The van der Waals surface area contributed by atoms with Gasteiger partial charge in [0.2, 0.25) is 5.89 Å². The predicted molar refractivity (Wildman–Crippen MR) is 134 cm³/mol. The molecule has 31 heavy (non-hydrogen) atoms. The van der Waals surface area contributed by atoms with Crippen LogP contribution in [0.2, 0.25) is 0 Å². The van der Waals surface area contributed by atoms with Gasteiger partial charge in [0.1, 0.15) is 0 Å². The average molecular weight is 435 g/mol. The first-order valence-electron chi connectivity index (χ1n) is 12.7. The van der Waals surface area contributed by atoms with Gasteiger partial charge in [-0.05, 0) is 66.6 Å². The highest BCUT2D eigenvalue weighted by atomic mass is 16.5. The van der Waals surface area contributed by atoms with Gasteiger partial charge in [0.05, 0.1) is 0 Å². The minimum atomic E-state index is -0.0207. The highest BCUT2D eigenvalue weighted by Crippen LogP contribution is 2.45. The van der Waals surface area contributed by atoms with Crippen LogP contribution in [0.5, 0.6) is 0 Å². The Labute approximate surface area is 194 Å². The van der Waals surface area contributed by atoms with Crippen LogP contribution in [-0.2, 0) is 11.8 Å².